The van der Waals surface area contributed by atoms with Gasteiger partial charge in [0.15, 0.2) is 0 Å². The zero-order valence-electron chi connectivity index (χ0n) is 4.49. The molecule has 4 heteroatoms. The van der Waals surface area contributed by atoms with Crippen LogP contribution in [0.1, 0.15) is 0 Å². The van der Waals surface area contributed by atoms with Crippen molar-refractivity contribution in [3.63, 3.8) is 0 Å². The van der Waals surface area contributed by atoms with Crippen LogP contribution in [-0.2, 0) is 14.3 Å². The van der Waals surface area contributed by atoms with Gasteiger partial charge in [-0.3, -0.25) is 0 Å². The fraction of sp³-hybridized carbons (Fsp3) is 0.200. The maximum Gasteiger partial charge on any atom is 0.517 e. The molecule has 1 rings (SSSR count). The van der Waals surface area contributed by atoms with Gasteiger partial charge in [0, 0.05) is 0 Å². The summed E-state index contributed by atoms with van der Waals surface area (Å²) in [7, 11) is 0. The second-order valence-corrected chi connectivity index (χ2v) is 1.45. The molecule has 0 aromatic rings. The molecular weight excluding hydrogens is 124 g/mol. The monoisotopic (exact) mass is 128 g/mol. The Kier molecular flexibility index (Phi) is 1.22. The molecule has 1 aliphatic heterocycles. The number of hydrogen-bond donors (Lipinski definition) is 0. The average molecular weight is 128 g/mol. The molecule has 0 spiro atoms. The molecule has 1 atom stereocenters. The number of rotatable bonds is 1. The van der Waals surface area contributed by atoms with Crippen molar-refractivity contribution in [2.45, 2.75) is 6.10 Å². The topological polar surface area (TPSA) is 52.6 Å². The van der Waals surface area contributed by atoms with Gasteiger partial charge in [0.2, 0.25) is 6.10 Å². The number of cyclic esters (lactones) is 3. The fourth-order valence-electron chi connectivity index (χ4n) is 0.460. The van der Waals surface area contributed by atoms with Crippen LogP contribution >= 0.6 is 0 Å². The van der Waals surface area contributed by atoms with Crippen molar-refractivity contribution in [3.8, 4) is 0 Å². The van der Waals surface area contributed by atoms with E-state index < -0.39 is 18.2 Å². The highest BCUT2D eigenvalue weighted by Crippen LogP contribution is 2.07. The lowest BCUT2D eigenvalue weighted by Crippen LogP contribution is -2.11. The van der Waals surface area contributed by atoms with E-state index in [0.717, 1.165) is 0 Å². The van der Waals surface area contributed by atoms with Gasteiger partial charge in [-0.2, -0.15) is 0 Å². The molecule has 1 heterocycles. The minimum absolute atomic E-state index is 0.699. The van der Waals surface area contributed by atoms with Crippen LogP contribution in [0.5, 0.6) is 0 Å². The lowest BCUT2D eigenvalue weighted by atomic mass is 10.4. The predicted molar refractivity (Wildman–Crippen MR) is 26.6 cm³/mol. The van der Waals surface area contributed by atoms with Gasteiger partial charge >= 0.3 is 12.1 Å². The molecule has 0 bridgehead atoms. The molecule has 1 unspecified atom stereocenters. The van der Waals surface area contributed by atoms with Crippen molar-refractivity contribution in [2.75, 3.05) is 0 Å². The Hall–Kier alpha value is -1.32. The minimum Gasteiger partial charge on any atom is -0.414 e. The standard InChI is InChI=1S/C5H4O4/c1-2-3-4(6)9-5(7)8-3/h2-3H,1H2. The molecule has 0 aromatic heterocycles. The fourth-order valence-corrected chi connectivity index (χ4v) is 0.460. The van der Waals surface area contributed by atoms with E-state index in [0.29, 0.717) is 0 Å². The molecule has 48 valence electrons. The average Bonchev–Trinajstić information content (AvgIpc) is 2.10. The lowest BCUT2D eigenvalue weighted by molar-refractivity contribution is -0.135. The van der Waals surface area contributed by atoms with Crippen molar-refractivity contribution in [1.29, 1.82) is 0 Å². The SMILES string of the molecule is C=CC1OC(=O)OC1=O. The van der Waals surface area contributed by atoms with Gasteiger partial charge in [0.25, 0.3) is 0 Å². The number of carbonyl (C=O) groups excluding carboxylic acids is 2. The number of ether oxygens (including phenoxy) is 2. The van der Waals surface area contributed by atoms with E-state index in [1.807, 2.05) is 0 Å². The van der Waals surface area contributed by atoms with Gasteiger partial charge in [0.05, 0.1) is 0 Å². The molecule has 0 aliphatic carbocycles. The molecule has 1 fully saturated rings. The first-order valence-corrected chi connectivity index (χ1v) is 2.29. The van der Waals surface area contributed by atoms with E-state index in [4.69, 9.17) is 0 Å². The van der Waals surface area contributed by atoms with Crippen molar-refractivity contribution in [1.82, 2.24) is 0 Å². The van der Waals surface area contributed by atoms with Crippen molar-refractivity contribution in [3.05, 3.63) is 12.7 Å². The Bertz CT molecular complexity index is 172. The van der Waals surface area contributed by atoms with E-state index in [9.17, 15) is 9.59 Å². The first kappa shape index (κ1) is 5.81. The van der Waals surface area contributed by atoms with Crippen molar-refractivity contribution < 1.29 is 19.1 Å². The third-order valence-electron chi connectivity index (χ3n) is 0.854. The van der Waals surface area contributed by atoms with Crippen molar-refractivity contribution in [2.24, 2.45) is 0 Å². The van der Waals surface area contributed by atoms with E-state index >= 15 is 0 Å². The zero-order valence-corrected chi connectivity index (χ0v) is 4.49. The summed E-state index contributed by atoms with van der Waals surface area (Å²) in [6, 6.07) is 0. The second kappa shape index (κ2) is 1.89. The van der Waals surface area contributed by atoms with Crippen LogP contribution in [0.15, 0.2) is 12.7 Å². The Balaban J connectivity index is 2.68. The summed E-state index contributed by atoms with van der Waals surface area (Å²) in [6.45, 7) is 3.25. The van der Waals surface area contributed by atoms with Crippen LogP contribution in [0.3, 0.4) is 0 Å². The first-order chi connectivity index (χ1) is 4.24. The quantitative estimate of drug-likeness (QED) is 0.288. The molecule has 1 aliphatic rings. The number of esters is 1. The van der Waals surface area contributed by atoms with Gasteiger partial charge < -0.3 is 9.47 Å². The van der Waals surface area contributed by atoms with E-state index in [2.05, 4.69) is 16.1 Å². The summed E-state index contributed by atoms with van der Waals surface area (Å²) < 4.78 is 8.29. The molecule has 0 amide bonds. The summed E-state index contributed by atoms with van der Waals surface area (Å²) in [5.74, 6) is -0.699. The second-order valence-electron chi connectivity index (χ2n) is 1.45. The van der Waals surface area contributed by atoms with Gasteiger partial charge in [-0.15, -0.1) is 0 Å². The maximum atomic E-state index is 10.4. The van der Waals surface area contributed by atoms with Gasteiger partial charge in [-0.25, -0.2) is 9.59 Å². The number of carbonyl (C=O) groups is 2. The van der Waals surface area contributed by atoms with E-state index in [1.54, 1.807) is 0 Å². The van der Waals surface area contributed by atoms with E-state index in [1.165, 1.54) is 6.08 Å². The smallest absolute Gasteiger partial charge is 0.414 e. The minimum atomic E-state index is -0.954. The predicted octanol–water partition coefficient (Wildman–Crippen LogP) is 0.234. The van der Waals surface area contributed by atoms with Gasteiger partial charge in [0.1, 0.15) is 0 Å². The highest BCUT2D eigenvalue weighted by Gasteiger charge is 2.32. The molecule has 0 radical (unpaired) electrons. The number of hydrogen-bond acceptors (Lipinski definition) is 4. The third kappa shape index (κ3) is 0.910. The van der Waals surface area contributed by atoms with Crippen LogP contribution in [-0.4, -0.2) is 18.2 Å². The molecule has 0 aromatic carbocycles. The molecule has 9 heavy (non-hydrogen) atoms. The molecule has 0 saturated carbocycles. The summed E-state index contributed by atoms with van der Waals surface area (Å²) in [5.41, 5.74) is 0. The highest BCUT2D eigenvalue weighted by molar-refractivity contribution is 5.92. The summed E-state index contributed by atoms with van der Waals surface area (Å²) >= 11 is 0. The Morgan fingerprint density at radius 3 is 2.44 bits per heavy atom. The molecule has 1 saturated heterocycles. The van der Waals surface area contributed by atoms with E-state index in [-0.39, 0.29) is 0 Å². The van der Waals surface area contributed by atoms with Crippen molar-refractivity contribution >= 4 is 12.1 Å². The summed E-state index contributed by atoms with van der Waals surface area (Å²) in [5, 5.41) is 0. The summed E-state index contributed by atoms with van der Waals surface area (Å²) in [4.78, 5) is 20.5. The zero-order chi connectivity index (χ0) is 6.85. The first-order valence-electron chi connectivity index (χ1n) is 2.29. The van der Waals surface area contributed by atoms with Crippen LogP contribution < -0.4 is 0 Å². The van der Waals surface area contributed by atoms with Crippen LogP contribution in [0.4, 0.5) is 4.79 Å². The van der Waals surface area contributed by atoms with Crippen LogP contribution in [0, 0.1) is 0 Å². The molecule has 4 nitrogen and oxygen atoms in total. The van der Waals surface area contributed by atoms with Gasteiger partial charge in [-0.05, 0) is 6.08 Å². The third-order valence-corrected chi connectivity index (χ3v) is 0.854. The maximum absolute atomic E-state index is 10.4. The molecular formula is C5H4O4. The molecule has 0 N–H and O–H groups in total. The normalized spacial score (nSPS) is 25.1. The van der Waals surface area contributed by atoms with Crippen LogP contribution in [0.25, 0.3) is 0 Å². The Labute approximate surface area is 51.1 Å². The Morgan fingerprint density at radius 1 is 1.56 bits per heavy atom. The largest absolute Gasteiger partial charge is 0.517 e. The highest BCUT2D eigenvalue weighted by atomic mass is 16.8. The van der Waals surface area contributed by atoms with Gasteiger partial charge in [-0.1, -0.05) is 6.58 Å². The lowest BCUT2D eigenvalue weighted by Gasteiger charge is -1.90. The summed E-state index contributed by atoms with van der Waals surface area (Å²) in [6.07, 6.45) is -0.657. The van der Waals surface area contributed by atoms with Crippen LogP contribution in [0.2, 0.25) is 0 Å². The Morgan fingerprint density at radius 2 is 2.22 bits per heavy atom.